The third-order valence-electron chi connectivity index (χ3n) is 5.65. The Hall–Kier alpha value is -2.40. The minimum atomic E-state index is -0.186. The summed E-state index contributed by atoms with van der Waals surface area (Å²) in [5.41, 5.74) is 3.54. The van der Waals surface area contributed by atoms with Crippen LogP contribution in [-0.2, 0) is 16.6 Å². The molecule has 0 amide bonds. The van der Waals surface area contributed by atoms with Gasteiger partial charge in [-0.1, -0.05) is 36.4 Å². The van der Waals surface area contributed by atoms with E-state index in [2.05, 4.69) is 46.0 Å². The van der Waals surface area contributed by atoms with Crippen LogP contribution in [0.15, 0.2) is 53.5 Å². The summed E-state index contributed by atoms with van der Waals surface area (Å²) >= 11 is 0. The minimum Gasteiger partial charge on any atom is -0.381 e. The fraction of sp³-hybridized carbons (Fsp3) is 0.435. The summed E-state index contributed by atoms with van der Waals surface area (Å²) in [6.45, 7) is 5.07. The van der Waals surface area contributed by atoms with Crippen LogP contribution in [0.1, 0.15) is 29.5 Å². The van der Waals surface area contributed by atoms with Gasteiger partial charge in [-0.15, -0.1) is 0 Å². The Labute approximate surface area is 167 Å². The second-order valence-corrected chi connectivity index (χ2v) is 7.43. The van der Waals surface area contributed by atoms with Gasteiger partial charge in [0.05, 0.1) is 0 Å². The van der Waals surface area contributed by atoms with Gasteiger partial charge in [-0.25, -0.2) is 4.39 Å². The predicted octanol–water partition coefficient (Wildman–Crippen LogP) is 3.59. The molecule has 1 heterocycles. The number of ether oxygens (including phenoxy) is 1. The van der Waals surface area contributed by atoms with E-state index in [1.807, 2.05) is 13.0 Å². The topological polar surface area (TPSA) is 45.7 Å². The molecule has 28 heavy (non-hydrogen) atoms. The van der Waals surface area contributed by atoms with Gasteiger partial charge in [-0.2, -0.15) is 0 Å². The lowest BCUT2D eigenvalue weighted by Gasteiger charge is -2.38. The van der Waals surface area contributed by atoms with Crippen molar-refractivity contribution in [2.45, 2.75) is 31.6 Å². The molecule has 2 aromatic carbocycles. The van der Waals surface area contributed by atoms with Crippen LogP contribution in [0.2, 0.25) is 0 Å². The molecule has 0 atom stereocenters. The first kappa shape index (κ1) is 20.3. The molecule has 1 fully saturated rings. The maximum Gasteiger partial charge on any atom is 0.191 e. The normalized spacial score (nSPS) is 16.6. The molecule has 4 nitrogen and oxygen atoms in total. The highest BCUT2D eigenvalue weighted by molar-refractivity contribution is 5.79. The monoisotopic (exact) mass is 383 g/mol. The van der Waals surface area contributed by atoms with E-state index in [1.54, 1.807) is 13.1 Å². The first-order valence-electron chi connectivity index (χ1n) is 9.96. The molecule has 150 valence electrons. The highest BCUT2D eigenvalue weighted by atomic mass is 19.1. The summed E-state index contributed by atoms with van der Waals surface area (Å²) in [4.78, 5) is 4.37. The Kier molecular flexibility index (Phi) is 7.04. The molecule has 1 saturated heterocycles. The van der Waals surface area contributed by atoms with Crippen LogP contribution in [-0.4, -0.2) is 39.3 Å². The molecule has 5 heteroatoms. The zero-order chi connectivity index (χ0) is 19.8. The predicted molar refractivity (Wildman–Crippen MR) is 112 cm³/mol. The van der Waals surface area contributed by atoms with Gasteiger partial charge in [0, 0.05) is 38.8 Å². The largest absolute Gasteiger partial charge is 0.381 e. The van der Waals surface area contributed by atoms with Gasteiger partial charge in [0.2, 0.25) is 0 Å². The number of nitrogens with zero attached hydrogens (tertiary/aromatic N) is 1. The Morgan fingerprint density at radius 2 is 1.86 bits per heavy atom. The summed E-state index contributed by atoms with van der Waals surface area (Å²) < 4.78 is 18.9. The smallest absolute Gasteiger partial charge is 0.191 e. The van der Waals surface area contributed by atoms with Crippen LogP contribution in [0, 0.1) is 12.7 Å². The van der Waals surface area contributed by atoms with Gasteiger partial charge < -0.3 is 15.4 Å². The molecular formula is C23H30FN3O. The molecular weight excluding hydrogens is 353 g/mol. The summed E-state index contributed by atoms with van der Waals surface area (Å²) in [5.74, 6) is 0.607. The number of guanidine groups is 1. The number of benzene rings is 2. The summed E-state index contributed by atoms with van der Waals surface area (Å²) in [6, 6.07) is 15.6. The second-order valence-electron chi connectivity index (χ2n) is 7.43. The first-order chi connectivity index (χ1) is 13.6. The Bertz CT molecular complexity index is 786. The molecule has 3 rings (SSSR count). The van der Waals surface area contributed by atoms with E-state index in [0.717, 1.165) is 62.7 Å². The van der Waals surface area contributed by atoms with Gasteiger partial charge in [0.1, 0.15) is 5.82 Å². The third kappa shape index (κ3) is 5.10. The average Bonchev–Trinajstić information content (AvgIpc) is 2.73. The first-order valence-corrected chi connectivity index (χ1v) is 9.96. The van der Waals surface area contributed by atoms with Crippen molar-refractivity contribution in [1.82, 2.24) is 10.6 Å². The number of halogens is 1. The van der Waals surface area contributed by atoms with Crippen molar-refractivity contribution in [3.05, 3.63) is 71.0 Å². The molecule has 2 N–H and O–H groups in total. The third-order valence-corrected chi connectivity index (χ3v) is 5.65. The number of hydrogen-bond donors (Lipinski definition) is 2. The lowest BCUT2D eigenvalue weighted by Crippen LogP contribution is -2.48. The standard InChI is InChI=1S/C23H30FN3O/c1-18-16-21(24)9-8-19(18)10-13-26-22(25-2)27-17-23(11-14-28-15-12-23)20-6-4-3-5-7-20/h3-9,16H,10-15,17H2,1-2H3,(H2,25,26,27). The summed E-state index contributed by atoms with van der Waals surface area (Å²) in [6.07, 6.45) is 2.82. The molecule has 0 spiro atoms. The zero-order valence-corrected chi connectivity index (χ0v) is 16.8. The molecule has 2 aromatic rings. The van der Waals surface area contributed by atoms with E-state index in [9.17, 15) is 4.39 Å². The molecule has 0 saturated carbocycles. The van der Waals surface area contributed by atoms with Crippen molar-refractivity contribution in [1.29, 1.82) is 0 Å². The number of aryl methyl sites for hydroxylation is 1. The molecule has 1 aliphatic heterocycles. The van der Waals surface area contributed by atoms with Crippen LogP contribution in [0.4, 0.5) is 4.39 Å². The maximum atomic E-state index is 13.3. The van der Waals surface area contributed by atoms with Crippen molar-refractivity contribution in [3.63, 3.8) is 0 Å². The number of nitrogens with one attached hydrogen (secondary N) is 2. The Balaban J connectivity index is 1.57. The van der Waals surface area contributed by atoms with Crippen molar-refractivity contribution >= 4 is 5.96 Å². The zero-order valence-electron chi connectivity index (χ0n) is 16.8. The second kappa shape index (κ2) is 9.69. The van der Waals surface area contributed by atoms with E-state index in [1.165, 1.54) is 11.6 Å². The number of rotatable bonds is 6. The molecule has 0 aliphatic carbocycles. The van der Waals surface area contributed by atoms with Gasteiger partial charge in [0.15, 0.2) is 5.96 Å². The molecule has 0 aromatic heterocycles. The van der Waals surface area contributed by atoms with Gasteiger partial charge in [-0.3, -0.25) is 4.99 Å². The van der Waals surface area contributed by atoms with Gasteiger partial charge in [-0.05, 0) is 55.0 Å². The maximum absolute atomic E-state index is 13.3. The van der Waals surface area contributed by atoms with Crippen molar-refractivity contribution in [3.8, 4) is 0 Å². The van der Waals surface area contributed by atoms with Crippen LogP contribution in [0.3, 0.4) is 0 Å². The van der Waals surface area contributed by atoms with E-state index >= 15 is 0 Å². The van der Waals surface area contributed by atoms with E-state index in [0.29, 0.717) is 0 Å². The van der Waals surface area contributed by atoms with Crippen molar-refractivity contribution in [2.75, 3.05) is 33.4 Å². The van der Waals surface area contributed by atoms with E-state index < -0.39 is 0 Å². The molecule has 0 radical (unpaired) electrons. The highest BCUT2D eigenvalue weighted by Crippen LogP contribution is 2.34. The molecule has 0 unspecified atom stereocenters. The summed E-state index contributed by atoms with van der Waals surface area (Å²) in [7, 11) is 1.79. The number of hydrogen-bond acceptors (Lipinski definition) is 2. The lowest BCUT2D eigenvalue weighted by molar-refractivity contribution is 0.0514. The van der Waals surface area contributed by atoms with Crippen LogP contribution in [0.5, 0.6) is 0 Å². The van der Waals surface area contributed by atoms with Crippen LogP contribution >= 0.6 is 0 Å². The van der Waals surface area contributed by atoms with Crippen LogP contribution < -0.4 is 10.6 Å². The Morgan fingerprint density at radius 3 is 2.54 bits per heavy atom. The fourth-order valence-electron chi connectivity index (χ4n) is 3.85. The molecule has 1 aliphatic rings. The quantitative estimate of drug-likeness (QED) is 0.592. The highest BCUT2D eigenvalue weighted by Gasteiger charge is 2.34. The fourth-order valence-corrected chi connectivity index (χ4v) is 3.85. The molecule has 0 bridgehead atoms. The van der Waals surface area contributed by atoms with Crippen LogP contribution in [0.25, 0.3) is 0 Å². The average molecular weight is 384 g/mol. The van der Waals surface area contributed by atoms with E-state index in [4.69, 9.17) is 4.74 Å². The lowest BCUT2D eigenvalue weighted by atomic mass is 9.74. The number of aliphatic imine (C=N–C) groups is 1. The van der Waals surface area contributed by atoms with Gasteiger partial charge >= 0.3 is 0 Å². The van der Waals surface area contributed by atoms with Crippen molar-refractivity contribution in [2.24, 2.45) is 4.99 Å². The minimum absolute atomic E-state index is 0.0602. The SMILES string of the molecule is CN=C(NCCc1ccc(F)cc1C)NCC1(c2ccccc2)CCOCC1. The summed E-state index contributed by atoms with van der Waals surface area (Å²) in [5, 5.41) is 6.89. The Morgan fingerprint density at radius 1 is 1.11 bits per heavy atom. The van der Waals surface area contributed by atoms with Gasteiger partial charge in [0.25, 0.3) is 0 Å². The van der Waals surface area contributed by atoms with E-state index in [-0.39, 0.29) is 11.2 Å². The van der Waals surface area contributed by atoms with Crippen molar-refractivity contribution < 1.29 is 9.13 Å².